The maximum Gasteiger partial charge on any atom is 0.372 e. The molecule has 0 aromatic heterocycles. The van der Waals surface area contributed by atoms with E-state index < -0.39 is 29.8 Å². The number of carbonyl (C=O) groups excluding carboxylic acids is 3. The number of nitrogens with one attached hydrogen (secondary N) is 2. The molecule has 2 N–H and O–H groups in total. The Morgan fingerprint density at radius 3 is 2.26 bits per heavy atom. The lowest BCUT2D eigenvalue weighted by molar-refractivity contribution is -0.153. The first-order valence-electron chi connectivity index (χ1n) is 7.49. The molecule has 0 heterocycles. The third-order valence-electron chi connectivity index (χ3n) is 2.96. The van der Waals surface area contributed by atoms with Gasteiger partial charge < -0.3 is 14.8 Å². The molecule has 0 aromatic carbocycles. The van der Waals surface area contributed by atoms with Gasteiger partial charge in [0.15, 0.2) is 0 Å². The van der Waals surface area contributed by atoms with Crippen molar-refractivity contribution < 1.29 is 28.6 Å². The largest absolute Gasteiger partial charge is 0.461 e. The van der Waals surface area contributed by atoms with Crippen LogP contribution in [-0.4, -0.2) is 54.0 Å². The third kappa shape index (κ3) is 8.23. The molecule has 0 radical (unpaired) electrons. The molecule has 0 saturated heterocycles. The Labute approximate surface area is 136 Å². The minimum absolute atomic E-state index is 0.0279. The lowest BCUT2D eigenvalue weighted by Gasteiger charge is -2.23. The van der Waals surface area contributed by atoms with Crippen molar-refractivity contribution in [1.29, 1.82) is 5.53 Å². The van der Waals surface area contributed by atoms with Crippen LogP contribution < -0.4 is 5.32 Å². The molecule has 0 aliphatic rings. The molecule has 0 unspecified atom stereocenters. The second kappa shape index (κ2) is 10.6. The molecule has 0 aliphatic heterocycles. The predicted octanol–water partition coefficient (Wildman–Crippen LogP) is 0.753. The average molecular weight is 328 g/mol. The Balaban J connectivity index is 4.96. The zero-order valence-corrected chi connectivity index (χ0v) is 14.3. The zero-order chi connectivity index (χ0) is 18.0. The summed E-state index contributed by atoms with van der Waals surface area (Å²) in [6.45, 7) is 7.04. The summed E-state index contributed by atoms with van der Waals surface area (Å²) in [5, 5.41) is 2.57. The smallest absolute Gasteiger partial charge is 0.372 e. The molecule has 0 saturated carbocycles. The Kier molecular flexibility index (Phi) is 9.69. The number of rotatable bonds is 10. The summed E-state index contributed by atoms with van der Waals surface area (Å²) in [5.74, 6) is -1.51. The fourth-order valence-corrected chi connectivity index (χ4v) is 1.92. The van der Waals surface area contributed by atoms with Crippen molar-refractivity contribution in [2.45, 2.75) is 58.8 Å². The van der Waals surface area contributed by atoms with Gasteiger partial charge in [-0.15, -0.1) is 0 Å². The number of Topliss-reactive ketones (excluding diaryl/α,β-unsaturated/α-hetero) is 1. The maximum absolute atomic E-state index is 12.2. The summed E-state index contributed by atoms with van der Waals surface area (Å²) in [6, 6.07) is -0.954. The number of esters is 1. The molecule has 8 nitrogen and oxygen atoms in total. The lowest BCUT2D eigenvalue weighted by atomic mass is 10.0. The number of ether oxygens (including phenoxy) is 2. The monoisotopic (exact) mass is 328 g/mol. The van der Waals surface area contributed by atoms with Crippen molar-refractivity contribution in [3.63, 3.8) is 0 Å². The van der Waals surface area contributed by atoms with E-state index in [9.17, 15) is 14.4 Å². The molecule has 1 amide bonds. The van der Waals surface area contributed by atoms with Gasteiger partial charge in [0, 0.05) is 13.5 Å². The Bertz CT molecular complexity index is 470. The molecule has 0 aromatic rings. The molecule has 23 heavy (non-hydrogen) atoms. The van der Waals surface area contributed by atoms with E-state index in [1.165, 1.54) is 7.11 Å². The van der Waals surface area contributed by atoms with Crippen LogP contribution in [0.3, 0.4) is 0 Å². The van der Waals surface area contributed by atoms with Gasteiger partial charge in [0.05, 0.1) is 16.4 Å². The van der Waals surface area contributed by atoms with Crippen molar-refractivity contribution in [2.24, 2.45) is 5.92 Å². The quantitative estimate of drug-likeness (QED) is 0.265. The third-order valence-corrected chi connectivity index (χ3v) is 2.96. The fraction of sp³-hybridized carbons (Fsp3) is 0.733. The molecule has 0 spiro atoms. The first kappa shape index (κ1) is 20.9. The summed E-state index contributed by atoms with van der Waals surface area (Å²) >= 11 is 0. The average Bonchev–Trinajstić information content (AvgIpc) is 2.43. The summed E-state index contributed by atoms with van der Waals surface area (Å²) < 4.78 is 10.2. The van der Waals surface area contributed by atoms with E-state index in [1.807, 2.05) is 13.8 Å². The number of methoxy groups -OCH3 is 1. The van der Waals surface area contributed by atoms with Crippen LogP contribution in [-0.2, 0) is 23.9 Å². The predicted molar refractivity (Wildman–Crippen MR) is 82.1 cm³/mol. The highest BCUT2D eigenvalue weighted by atomic mass is 16.5. The zero-order valence-electron chi connectivity index (χ0n) is 14.3. The Hall–Kier alpha value is -2.05. The first-order valence-corrected chi connectivity index (χ1v) is 7.49. The number of amides is 1. The highest BCUT2D eigenvalue weighted by molar-refractivity contribution is 6.25. The number of nitrogens with zero attached hydrogens (tertiary/aromatic N) is 1. The van der Waals surface area contributed by atoms with Crippen molar-refractivity contribution in [3.05, 3.63) is 0 Å². The van der Waals surface area contributed by atoms with Gasteiger partial charge in [-0.05, 0) is 26.2 Å². The molecule has 0 aliphatic carbocycles. The van der Waals surface area contributed by atoms with Crippen LogP contribution >= 0.6 is 0 Å². The Morgan fingerprint density at radius 2 is 1.83 bits per heavy atom. The fourth-order valence-electron chi connectivity index (χ4n) is 1.92. The molecule has 0 bridgehead atoms. The lowest BCUT2D eigenvalue weighted by Crippen LogP contribution is -2.48. The molecular formula is C15H26N3O5+. The van der Waals surface area contributed by atoms with E-state index in [2.05, 4.69) is 10.1 Å². The van der Waals surface area contributed by atoms with E-state index in [0.29, 0.717) is 0 Å². The summed E-state index contributed by atoms with van der Waals surface area (Å²) in [7, 11) is 1.42. The van der Waals surface area contributed by atoms with Gasteiger partial charge in [0.2, 0.25) is 11.7 Å². The van der Waals surface area contributed by atoms with Gasteiger partial charge in [0.25, 0.3) is 0 Å². The SMILES string of the molecule is CO[C@H](C(=O)N[C@@H](CCC(=O)C=[N+]=N)C(=O)OC(C)C)C(C)C. The topological polar surface area (TPSA) is 120 Å². The molecule has 0 rings (SSSR count). The molecule has 130 valence electrons. The van der Waals surface area contributed by atoms with Crippen molar-refractivity contribution in [2.75, 3.05) is 7.11 Å². The summed E-state index contributed by atoms with van der Waals surface area (Å²) in [5.41, 5.74) is 6.61. The summed E-state index contributed by atoms with van der Waals surface area (Å²) in [4.78, 5) is 38.6. The van der Waals surface area contributed by atoms with Crippen LogP contribution in [0, 0.1) is 11.4 Å². The maximum atomic E-state index is 12.2. The normalized spacial score (nSPS) is 13.2. The standard InChI is InChI=1S/C15H25N3O5/c1-9(2)13(22-5)14(20)18-12(15(21)23-10(3)4)7-6-11(19)8-17-16/h8-10,12-13,16H,6-7H2,1-5H3/p+1/t12-,13-/m0/s1. The van der Waals surface area contributed by atoms with E-state index in [-0.39, 0.29) is 24.9 Å². The minimum Gasteiger partial charge on any atom is -0.461 e. The van der Waals surface area contributed by atoms with Crippen molar-refractivity contribution in [3.8, 4) is 0 Å². The van der Waals surface area contributed by atoms with Crippen molar-refractivity contribution in [1.82, 2.24) is 5.32 Å². The number of hydrogen-bond acceptors (Lipinski definition) is 6. The number of ketones is 1. The van der Waals surface area contributed by atoms with Gasteiger partial charge >= 0.3 is 12.2 Å². The second-order valence-electron chi connectivity index (χ2n) is 5.71. The second-order valence-corrected chi connectivity index (χ2v) is 5.71. The van der Waals surface area contributed by atoms with Crippen LogP contribution in [0.25, 0.3) is 0 Å². The van der Waals surface area contributed by atoms with Crippen molar-refractivity contribution >= 4 is 23.9 Å². The number of hydrogen-bond donors (Lipinski definition) is 2. The molecular weight excluding hydrogens is 302 g/mol. The van der Waals surface area contributed by atoms with E-state index >= 15 is 0 Å². The van der Waals surface area contributed by atoms with E-state index in [1.54, 1.807) is 13.8 Å². The summed E-state index contributed by atoms with van der Waals surface area (Å²) in [6.07, 6.45) is -0.138. The van der Waals surface area contributed by atoms with E-state index in [4.69, 9.17) is 15.0 Å². The minimum atomic E-state index is -0.954. The van der Waals surface area contributed by atoms with Crippen LogP contribution in [0.5, 0.6) is 0 Å². The van der Waals surface area contributed by atoms with Gasteiger partial charge in [-0.2, -0.15) is 0 Å². The molecule has 2 atom stereocenters. The van der Waals surface area contributed by atoms with Gasteiger partial charge in [-0.25, -0.2) is 4.79 Å². The highest BCUT2D eigenvalue weighted by Gasteiger charge is 2.29. The number of carbonyl (C=O) groups is 3. The van der Waals surface area contributed by atoms with Gasteiger partial charge in [-0.3, -0.25) is 9.59 Å². The highest BCUT2D eigenvalue weighted by Crippen LogP contribution is 2.09. The van der Waals surface area contributed by atoms with Crippen LogP contribution in [0.15, 0.2) is 0 Å². The van der Waals surface area contributed by atoms with Crippen LogP contribution in [0.1, 0.15) is 40.5 Å². The molecule has 0 fully saturated rings. The van der Waals surface area contributed by atoms with Crippen LogP contribution in [0.4, 0.5) is 0 Å². The van der Waals surface area contributed by atoms with Crippen LogP contribution in [0.2, 0.25) is 0 Å². The molecule has 8 heteroatoms. The van der Waals surface area contributed by atoms with Gasteiger partial charge in [-0.1, -0.05) is 13.8 Å². The van der Waals surface area contributed by atoms with E-state index in [0.717, 1.165) is 6.21 Å². The first-order chi connectivity index (χ1) is 10.7. The Morgan fingerprint density at radius 1 is 1.22 bits per heavy atom. The van der Waals surface area contributed by atoms with Gasteiger partial charge in [0.1, 0.15) is 12.1 Å².